The fraction of sp³-hybridized carbons (Fsp3) is 0.400. The van der Waals surface area contributed by atoms with Crippen LogP contribution >= 0.6 is 12.2 Å². The summed E-state index contributed by atoms with van der Waals surface area (Å²) in [5.41, 5.74) is 0. The maximum Gasteiger partial charge on any atom is 0.0788 e. The monoisotopic (exact) mass is 115 g/mol. The zero-order valence-electron chi connectivity index (χ0n) is 4.40. The molecule has 2 heteroatoms. The zero-order valence-corrected chi connectivity index (χ0v) is 5.22. The second-order valence-electron chi connectivity index (χ2n) is 1.17. The Morgan fingerprint density at radius 2 is 2.57 bits per heavy atom. The van der Waals surface area contributed by atoms with Gasteiger partial charge < -0.3 is 5.32 Å². The molecule has 0 aromatic heterocycles. The Labute approximate surface area is 49.4 Å². The van der Waals surface area contributed by atoms with Crippen LogP contribution in [-0.2, 0) is 0 Å². The molecule has 1 nitrogen and oxygen atoms in total. The molecule has 0 aliphatic rings. The highest BCUT2D eigenvalue weighted by Gasteiger charge is 1.81. The predicted molar refractivity (Wildman–Crippen MR) is 36.5 cm³/mol. The van der Waals surface area contributed by atoms with Crippen LogP contribution in [0, 0.1) is 0 Å². The van der Waals surface area contributed by atoms with E-state index in [2.05, 4.69) is 11.9 Å². The Hall–Kier alpha value is -0.370. The number of rotatable bonds is 2. The minimum Gasteiger partial charge on any atom is -0.382 e. The Balaban J connectivity index is 3.17. The van der Waals surface area contributed by atoms with E-state index in [4.69, 9.17) is 12.2 Å². The molecule has 0 radical (unpaired) electrons. The summed E-state index contributed by atoms with van der Waals surface area (Å²) in [7, 11) is 1.81. The van der Waals surface area contributed by atoms with Crippen LogP contribution in [0.3, 0.4) is 0 Å². The normalized spacial score (nSPS) is 7.57. The van der Waals surface area contributed by atoms with Crippen LogP contribution < -0.4 is 5.32 Å². The molecule has 0 fully saturated rings. The SMILES string of the molecule is C=CCC(=S)NC. The molecule has 7 heavy (non-hydrogen) atoms. The molecule has 0 amide bonds. The van der Waals surface area contributed by atoms with Crippen LogP contribution in [0.25, 0.3) is 0 Å². The van der Waals surface area contributed by atoms with Gasteiger partial charge in [0.25, 0.3) is 0 Å². The summed E-state index contributed by atoms with van der Waals surface area (Å²) >= 11 is 4.77. The van der Waals surface area contributed by atoms with Gasteiger partial charge in [-0.25, -0.2) is 0 Å². The Bertz CT molecular complexity index is 78.1. The van der Waals surface area contributed by atoms with E-state index in [0.717, 1.165) is 11.4 Å². The van der Waals surface area contributed by atoms with E-state index in [1.807, 2.05) is 7.05 Å². The lowest BCUT2D eigenvalue weighted by Gasteiger charge is -1.93. The average Bonchev–Trinajstić information content (AvgIpc) is 1.68. The second-order valence-corrected chi connectivity index (χ2v) is 1.66. The fourth-order valence-corrected chi connectivity index (χ4v) is 0.351. The van der Waals surface area contributed by atoms with Crippen molar-refractivity contribution in [2.75, 3.05) is 7.05 Å². The minimum atomic E-state index is 0.784. The summed E-state index contributed by atoms with van der Waals surface area (Å²) in [6, 6.07) is 0. The Kier molecular flexibility index (Phi) is 3.61. The summed E-state index contributed by atoms with van der Waals surface area (Å²) in [4.78, 5) is 0.843. The first-order valence-corrected chi connectivity index (χ1v) is 2.53. The van der Waals surface area contributed by atoms with E-state index in [1.54, 1.807) is 6.08 Å². The van der Waals surface area contributed by atoms with Gasteiger partial charge in [-0.15, -0.1) is 6.58 Å². The standard InChI is InChI=1S/C5H9NS/c1-3-4-5(7)6-2/h3H,1,4H2,2H3,(H,6,7). The largest absolute Gasteiger partial charge is 0.382 e. The van der Waals surface area contributed by atoms with Gasteiger partial charge in [0.1, 0.15) is 0 Å². The maximum absolute atomic E-state index is 4.77. The lowest BCUT2D eigenvalue weighted by atomic mass is 10.4. The molecule has 0 atom stereocenters. The third kappa shape index (κ3) is 3.46. The highest BCUT2D eigenvalue weighted by molar-refractivity contribution is 7.80. The fourth-order valence-electron chi connectivity index (χ4n) is 0.233. The average molecular weight is 115 g/mol. The third-order valence-electron chi connectivity index (χ3n) is 0.609. The van der Waals surface area contributed by atoms with Gasteiger partial charge in [0, 0.05) is 13.5 Å². The van der Waals surface area contributed by atoms with Crippen molar-refractivity contribution in [1.82, 2.24) is 5.32 Å². The van der Waals surface area contributed by atoms with Crippen molar-refractivity contribution in [2.45, 2.75) is 6.42 Å². The van der Waals surface area contributed by atoms with E-state index in [1.165, 1.54) is 0 Å². The van der Waals surface area contributed by atoms with Crippen LogP contribution in [0.1, 0.15) is 6.42 Å². The molecule has 0 heterocycles. The number of hydrogen-bond acceptors (Lipinski definition) is 1. The minimum absolute atomic E-state index is 0.784. The molecule has 0 saturated carbocycles. The first-order chi connectivity index (χ1) is 3.31. The van der Waals surface area contributed by atoms with Crippen molar-refractivity contribution in [3.63, 3.8) is 0 Å². The van der Waals surface area contributed by atoms with Crippen molar-refractivity contribution in [1.29, 1.82) is 0 Å². The summed E-state index contributed by atoms with van der Waals surface area (Å²) in [5.74, 6) is 0. The van der Waals surface area contributed by atoms with Crippen molar-refractivity contribution in [3.8, 4) is 0 Å². The molecule has 0 bridgehead atoms. The summed E-state index contributed by atoms with van der Waals surface area (Å²) in [5, 5.41) is 2.83. The van der Waals surface area contributed by atoms with Crippen molar-refractivity contribution < 1.29 is 0 Å². The summed E-state index contributed by atoms with van der Waals surface area (Å²) in [6.07, 6.45) is 2.56. The molecule has 0 spiro atoms. The Morgan fingerprint density at radius 3 is 2.71 bits per heavy atom. The molecule has 0 unspecified atom stereocenters. The van der Waals surface area contributed by atoms with Crippen molar-refractivity contribution in [2.24, 2.45) is 0 Å². The van der Waals surface area contributed by atoms with E-state index in [9.17, 15) is 0 Å². The van der Waals surface area contributed by atoms with Crippen LogP contribution in [0.15, 0.2) is 12.7 Å². The van der Waals surface area contributed by atoms with Gasteiger partial charge >= 0.3 is 0 Å². The molecule has 40 valence electrons. The molecular formula is C5H9NS. The highest BCUT2D eigenvalue weighted by atomic mass is 32.1. The second kappa shape index (κ2) is 3.81. The van der Waals surface area contributed by atoms with Gasteiger partial charge in [0.2, 0.25) is 0 Å². The van der Waals surface area contributed by atoms with Crippen LogP contribution in [0.2, 0.25) is 0 Å². The van der Waals surface area contributed by atoms with Crippen LogP contribution in [-0.4, -0.2) is 12.0 Å². The molecular weight excluding hydrogens is 106 g/mol. The van der Waals surface area contributed by atoms with E-state index in [-0.39, 0.29) is 0 Å². The van der Waals surface area contributed by atoms with Gasteiger partial charge in [-0.05, 0) is 0 Å². The third-order valence-corrected chi connectivity index (χ3v) is 0.979. The van der Waals surface area contributed by atoms with Crippen LogP contribution in [0.4, 0.5) is 0 Å². The van der Waals surface area contributed by atoms with Gasteiger partial charge in [0.05, 0.1) is 4.99 Å². The van der Waals surface area contributed by atoms with E-state index < -0.39 is 0 Å². The first-order valence-electron chi connectivity index (χ1n) is 2.12. The molecule has 0 aromatic rings. The van der Waals surface area contributed by atoms with E-state index >= 15 is 0 Å². The van der Waals surface area contributed by atoms with E-state index in [0.29, 0.717) is 0 Å². The zero-order chi connectivity index (χ0) is 5.70. The molecule has 0 aliphatic heterocycles. The smallest absolute Gasteiger partial charge is 0.0788 e. The first kappa shape index (κ1) is 6.63. The summed E-state index contributed by atoms with van der Waals surface area (Å²) < 4.78 is 0. The van der Waals surface area contributed by atoms with Gasteiger partial charge in [0.15, 0.2) is 0 Å². The van der Waals surface area contributed by atoms with Gasteiger partial charge in [-0.2, -0.15) is 0 Å². The number of nitrogens with one attached hydrogen (secondary N) is 1. The lowest BCUT2D eigenvalue weighted by Crippen LogP contribution is -2.13. The van der Waals surface area contributed by atoms with Crippen molar-refractivity contribution in [3.05, 3.63) is 12.7 Å². The molecule has 0 rings (SSSR count). The molecule has 0 aliphatic carbocycles. The lowest BCUT2D eigenvalue weighted by molar-refractivity contribution is 1.16. The molecule has 0 saturated heterocycles. The Morgan fingerprint density at radius 1 is 2.00 bits per heavy atom. The predicted octanol–water partition coefficient (Wildman–Crippen LogP) is 1.11. The molecule has 1 N–H and O–H groups in total. The number of thiocarbonyl (C=S) groups is 1. The summed E-state index contributed by atoms with van der Waals surface area (Å²) in [6.45, 7) is 3.52. The van der Waals surface area contributed by atoms with Crippen LogP contribution in [0.5, 0.6) is 0 Å². The van der Waals surface area contributed by atoms with Gasteiger partial charge in [-0.3, -0.25) is 0 Å². The molecule has 0 aromatic carbocycles. The van der Waals surface area contributed by atoms with Crippen molar-refractivity contribution >= 4 is 17.2 Å². The topological polar surface area (TPSA) is 12.0 Å². The van der Waals surface area contributed by atoms with Gasteiger partial charge in [-0.1, -0.05) is 18.3 Å². The number of hydrogen-bond donors (Lipinski definition) is 1. The maximum atomic E-state index is 4.77. The highest BCUT2D eigenvalue weighted by Crippen LogP contribution is 1.79. The quantitative estimate of drug-likeness (QED) is 0.427.